The van der Waals surface area contributed by atoms with Crippen LogP contribution in [0.1, 0.15) is 41.8 Å². The molecule has 0 bridgehead atoms. The number of esters is 1. The van der Waals surface area contributed by atoms with Crippen LogP contribution in [-0.4, -0.2) is 35.2 Å². The third-order valence-electron chi connectivity index (χ3n) is 5.79. The molecule has 0 radical (unpaired) electrons. The highest BCUT2D eigenvalue weighted by Gasteiger charge is 2.29. The van der Waals surface area contributed by atoms with Crippen LogP contribution in [0.15, 0.2) is 65.5 Å². The van der Waals surface area contributed by atoms with Gasteiger partial charge in [0, 0.05) is 4.90 Å². The Hall–Kier alpha value is -3.65. The minimum absolute atomic E-state index is 0.0212. The lowest BCUT2D eigenvalue weighted by Crippen LogP contribution is -2.34. The predicted octanol–water partition coefficient (Wildman–Crippen LogP) is 5.02. The molecule has 1 aliphatic rings. The number of hydrogen-bond acceptors (Lipinski definition) is 5. The van der Waals surface area contributed by atoms with E-state index in [4.69, 9.17) is 4.74 Å². The molecule has 1 amide bonds. The number of carbonyl (C=O) groups excluding carboxylic acids is 2. The van der Waals surface area contributed by atoms with E-state index >= 15 is 0 Å². The summed E-state index contributed by atoms with van der Waals surface area (Å²) in [5.41, 5.74) is 5.52. The van der Waals surface area contributed by atoms with Gasteiger partial charge < -0.3 is 15.0 Å². The van der Waals surface area contributed by atoms with Crippen molar-refractivity contribution in [2.75, 3.05) is 13.4 Å². The second kappa shape index (κ2) is 10.1. The van der Waals surface area contributed by atoms with Gasteiger partial charge in [0.1, 0.15) is 5.82 Å². The highest BCUT2D eigenvalue weighted by atomic mass is 32.2. The number of ether oxygens (including phenoxy) is 1. The van der Waals surface area contributed by atoms with Crippen molar-refractivity contribution < 1.29 is 18.7 Å². The van der Waals surface area contributed by atoms with Gasteiger partial charge in [-0.25, -0.2) is 14.2 Å². The van der Waals surface area contributed by atoms with Gasteiger partial charge in [0.15, 0.2) is 6.04 Å². The van der Waals surface area contributed by atoms with Gasteiger partial charge >= 0.3 is 5.97 Å². The standard InChI is InChI=1S/C26H24FN3O3S/c1-15-20(10-16-4-7-18(34-3)8-5-16)19-9-6-17(27)11-22(19)21(15)12-24(31)30-25(26(32)33-2)23-13-28-14-29-23/h4-11,13-14,25H,12H2,1-3H3,(H,28,29)(H,30,31)/b20-10-/t25-/m0/s1. The lowest BCUT2D eigenvalue weighted by Gasteiger charge is -2.15. The molecule has 1 aliphatic carbocycles. The Morgan fingerprint density at radius 2 is 1.97 bits per heavy atom. The van der Waals surface area contributed by atoms with Gasteiger partial charge in [-0.15, -0.1) is 11.8 Å². The molecule has 2 aromatic carbocycles. The maximum absolute atomic E-state index is 14.2. The number of benzene rings is 2. The van der Waals surface area contributed by atoms with Crippen molar-refractivity contribution in [3.63, 3.8) is 0 Å². The van der Waals surface area contributed by atoms with Crippen LogP contribution < -0.4 is 5.32 Å². The number of hydrogen-bond donors (Lipinski definition) is 2. The van der Waals surface area contributed by atoms with Crippen molar-refractivity contribution in [1.82, 2.24) is 15.3 Å². The summed E-state index contributed by atoms with van der Waals surface area (Å²) in [6.07, 6.45) is 6.92. The van der Waals surface area contributed by atoms with E-state index in [2.05, 4.69) is 15.3 Å². The molecule has 8 heteroatoms. The number of methoxy groups -OCH3 is 1. The summed E-state index contributed by atoms with van der Waals surface area (Å²) in [4.78, 5) is 33.1. The van der Waals surface area contributed by atoms with Crippen molar-refractivity contribution in [2.24, 2.45) is 0 Å². The highest BCUT2D eigenvalue weighted by molar-refractivity contribution is 7.98. The second-order valence-corrected chi connectivity index (χ2v) is 8.71. The summed E-state index contributed by atoms with van der Waals surface area (Å²) in [5, 5.41) is 2.71. The Morgan fingerprint density at radius 1 is 1.21 bits per heavy atom. The Bertz CT molecular complexity index is 1280. The van der Waals surface area contributed by atoms with E-state index in [9.17, 15) is 14.0 Å². The first-order valence-corrected chi connectivity index (χ1v) is 11.9. The quantitative estimate of drug-likeness (QED) is 0.369. The number of thioether (sulfide) groups is 1. The summed E-state index contributed by atoms with van der Waals surface area (Å²) in [5.74, 6) is -1.38. The third kappa shape index (κ3) is 4.82. The maximum Gasteiger partial charge on any atom is 0.334 e. The molecule has 0 fully saturated rings. The van der Waals surface area contributed by atoms with E-state index in [1.807, 2.05) is 43.5 Å². The number of amides is 1. The molecule has 0 saturated carbocycles. The van der Waals surface area contributed by atoms with Gasteiger partial charge in [0.2, 0.25) is 5.91 Å². The van der Waals surface area contributed by atoms with E-state index in [1.165, 1.54) is 31.8 Å². The van der Waals surface area contributed by atoms with Gasteiger partial charge in [0.25, 0.3) is 0 Å². The first-order valence-electron chi connectivity index (χ1n) is 10.6. The molecule has 0 saturated heterocycles. The summed E-state index contributed by atoms with van der Waals surface area (Å²) >= 11 is 1.67. The number of H-pyrrole nitrogens is 1. The van der Waals surface area contributed by atoms with Crippen molar-refractivity contribution in [3.8, 4) is 0 Å². The number of allylic oxidation sites excluding steroid dienone is 2. The molecule has 2 N–H and O–H groups in total. The number of carbonyl (C=O) groups is 2. The minimum Gasteiger partial charge on any atom is -0.467 e. The van der Waals surface area contributed by atoms with Crippen LogP contribution in [-0.2, 0) is 14.3 Å². The largest absolute Gasteiger partial charge is 0.467 e. The van der Waals surface area contributed by atoms with Crippen LogP contribution in [0.2, 0.25) is 0 Å². The maximum atomic E-state index is 14.2. The molecule has 0 unspecified atom stereocenters. The fourth-order valence-corrected chi connectivity index (χ4v) is 4.44. The Balaban J connectivity index is 1.66. The van der Waals surface area contributed by atoms with Gasteiger partial charge in [0.05, 0.1) is 31.7 Å². The predicted molar refractivity (Wildman–Crippen MR) is 131 cm³/mol. The molecule has 0 spiro atoms. The lowest BCUT2D eigenvalue weighted by molar-refractivity contribution is -0.145. The average molecular weight is 478 g/mol. The lowest BCUT2D eigenvalue weighted by atomic mass is 10.0. The van der Waals surface area contributed by atoms with Crippen molar-refractivity contribution in [2.45, 2.75) is 24.3 Å². The molecule has 3 aromatic rings. The summed E-state index contributed by atoms with van der Waals surface area (Å²) in [6.45, 7) is 1.93. The van der Waals surface area contributed by atoms with Crippen LogP contribution >= 0.6 is 11.8 Å². The fourth-order valence-electron chi connectivity index (χ4n) is 4.03. The van der Waals surface area contributed by atoms with Crippen molar-refractivity contribution >= 4 is 40.9 Å². The van der Waals surface area contributed by atoms with Crippen LogP contribution in [0.4, 0.5) is 4.39 Å². The molecule has 1 atom stereocenters. The molecule has 0 aliphatic heterocycles. The first-order chi connectivity index (χ1) is 16.4. The minimum atomic E-state index is -1.01. The smallest absolute Gasteiger partial charge is 0.334 e. The first kappa shape index (κ1) is 23.5. The van der Waals surface area contributed by atoms with Gasteiger partial charge in [-0.3, -0.25) is 4.79 Å². The molecule has 1 heterocycles. The number of fused-ring (bicyclic) bond motifs is 1. The number of nitrogens with one attached hydrogen (secondary N) is 2. The number of rotatable bonds is 7. The molecule has 174 valence electrons. The topological polar surface area (TPSA) is 84.1 Å². The van der Waals surface area contributed by atoms with Crippen molar-refractivity contribution in [1.29, 1.82) is 0 Å². The number of halogens is 1. The zero-order valence-electron chi connectivity index (χ0n) is 19.0. The molecular formula is C26H24FN3O3S. The monoisotopic (exact) mass is 477 g/mol. The van der Waals surface area contributed by atoms with E-state index in [0.29, 0.717) is 16.8 Å². The zero-order chi connectivity index (χ0) is 24.2. The van der Waals surface area contributed by atoms with E-state index in [0.717, 1.165) is 27.2 Å². The van der Waals surface area contributed by atoms with Crippen LogP contribution in [0.5, 0.6) is 0 Å². The van der Waals surface area contributed by atoms with Crippen LogP contribution in [0.25, 0.3) is 17.2 Å². The Morgan fingerprint density at radius 3 is 2.62 bits per heavy atom. The molecular weight excluding hydrogens is 453 g/mol. The molecule has 6 nitrogen and oxygen atoms in total. The zero-order valence-corrected chi connectivity index (χ0v) is 19.8. The number of nitrogens with zero attached hydrogens (tertiary/aromatic N) is 1. The Kier molecular flexibility index (Phi) is 6.98. The normalized spacial score (nSPS) is 14.8. The van der Waals surface area contributed by atoms with Gasteiger partial charge in [-0.1, -0.05) is 18.2 Å². The van der Waals surface area contributed by atoms with E-state index in [1.54, 1.807) is 17.8 Å². The van der Waals surface area contributed by atoms with Gasteiger partial charge in [-0.05, 0) is 76.9 Å². The fraction of sp³-hybridized carbons (Fsp3) is 0.192. The SMILES string of the molecule is COC(=O)[C@@H](NC(=O)CC1=C(C)/C(=C/c2ccc(SC)cc2)c2ccc(F)cc21)c1cnc[nH]1. The summed E-state index contributed by atoms with van der Waals surface area (Å²) < 4.78 is 19.0. The Labute approximate surface area is 201 Å². The van der Waals surface area contributed by atoms with E-state index in [-0.39, 0.29) is 18.1 Å². The van der Waals surface area contributed by atoms with Crippen LogP contribution in [0, 0.1) is 5.82 Å². The van der Waals surface area contributed by atoms with Gasteiger partial charge in [-0.2, -0.15) is 0 Å². The highest BCUT2D eigenvalue weighted by Crippen LogP contribution is 2.44. The number of imidazole rings is 1. The average Bonchev–Trinajstić information content (AvgIpc) is 3.46. The number of aromatic amines is 1. The molecule has 4 rings (SSSR count). The molecule has 34 heavy (non-hydrogen) atoms. The summed E-state index contributed by atoms with van der Waals surface area (Å²) in [7, 11) is 1.25. The van der Waals surface area contributed by atoms with Crippen LogP contribution in [0.3, 0.4) is 0 Å². The summed E-state index contributed by atoms with van der Waals surface area (Å²) in [6, 6.07) is 11.8. The number of aromatic nitrogens is 2. The van der Waals surface area contributed by atoms with Crippen molar-refractivity contribution in [3.05, 3.63) is 88.8 Å². The second-order valence-electron chi connectivity index (χ2n) is 7.83. The third-order valence-corrected chi connectivity index (χ3v) is 6.53. The van der Waals surface area contributed by atoms with E-state index < -0.39 is 12.0 Å². The molecule has 1 aromatic heterocycles.